The molecule has 32 heavy (non-hydrogen) atoms. The summed E-state index contributed by atoms with van der Waals surface area (Å²) in [5.41, 5.74) is 4.05. The topological polar surface area (TPSA) is 67.5 Å². The summed E-state index contributed by atoms with van der Waals surface area (Å²) in [5.74, 6) is 2.84. The molecule has 0 saturated carbocycles. The van der Waals surface area contributed by atoms with Crippen molar-refractivity contribution in [1.29, 1.82) is 0 Å². The lowest BCUT2D eigenvalue weighted by Gasteiger charge is -2.37. The van der Waals surface area contributed by atoms with Crippen molar-refractivity contribution < 1.29 is 9.26 Å². The van der Waals surface area contributed by atoms with E-state index in [0.29, 0.717) is 11.7 Å². The lowest BCUT2D eigenvalue weighted by molar-refractivity contribution is 0.413. The second-order valence-electron chi connectivity index (χ2n) is 7.76. The predicted molar refractivity (Wildman–Crippen MR) is 125 cm³/mol. The molecule has 2 aromatic heterocycles. The van der Waals surface area contributed by atoms with E-state index in [1.165, 1.54) is 0 Å². The number of ether oxygens (including phenoxy) is 1. The van der Waals surface area contributed by atoms with Gasteiger partial charge in [-0.2, -0.15) is 4.98 Å². The molecule has 0 bridgehead atoms. The Morgan fingerprint density at radius 1 is 0.844 bits per heavy atom. The molecule has 0 N–H and O–H groups in total. The maximum atomic E-state index is 5.66. The van der Waals surface area contributed by atoms with Crippen molar-refractivity contribution in [3.8, 4) is 28.6 Å². The number of para-hydroxylation sites is 2. The van der Waals surface area contributed by atoms with Crippen LogP contribution in [0.3, 0.4) is 0 Å². The summed E-state index contributed by atoms with van der Waals surface area (Å²) in [6.45, 7) is 5.45. The van der Waals surface area contributed by atoms with Crippen molar-refractivity contribution in [2.75, 3.05) is 43.1 Å². The van der Waals surface area contributed by atoms with Gasteiger partial charge in [0.1, 0.15) is 11.6 Å². The van der Waals surface area contributed by atoms with Gasteiger partial charge in [-0.1, -0.05) is 41.6 Å². The Bertz CT molecular complexity index is 1210. The summed E-state index contributed by atoms with van der Waals surface area (Å²) in [6.07, 6.45) is 1.81. The zero-order valence-electron chi connectivity index (χ0n) is 18.2. The summed E-state index contributed by atoms with van der Waals surface area (Å²) in [6, 6.07) is 20.1. The van der Waals surface area contributed by atoms with Gasteiger partial charge in [-0.05, 0) is 36.8 Å². The lowest BCUT2D eigenvalue weighted by Crippen LogP contribution is -2.47. The maximum Gasteiger partial charge on any atom is 0.261 e. The van der Waals surface area contributed by atoms with Gasteiger partial charge in [0.25, 0.3) is 5.89 Å². The second kappa shape index (κ2) is 8.70. The molecule has 7 nitrogen and oxygen atoms in total. The SMILES string of the molecule is COc1ccccc1N1CCN(c2ncccc2-c2nc(-c3ccccc3C)no2)CC1. The number of aryl methyl sites for hydroxylation is 1. The van der Waals surface area contributed by atoms with Crippen LogP contribution >= 0.6 is 0 Å². The standard InChI is InChI=1S/C25H25N5O2/c1-18-8-3-4-9-19(18)23-27-25(32-28-23)20-10-7-13-26-24(20)30-16-14-29(15-17-30)21-11-5-6-12-22(21)31-2/h3-13H,14-17H2,1-2H3. The van der Waals surface area contributed by atoms with Gasteiger partial charge < -0.3 is 19.1 Å². The lowest BCUT2D eigenvalue weighted by atomic mass is 10.1. The van der Waals surface area contributed by atoms with Gasteiger partial charge >= 0.3 is 0 Å². The molecule has 2 aromatic carbocycles. The van der Waals surface area contributed by atoms with Crippen molar-refractivity contribution in [3.05, 3.63) is 72.4 Å². The van der Waals surface area contributed by atoms with E-state index in [2.05, 4.69) is 31.0 Å². The van der Waals surface area contributed by atoms with E-state index in [1.807, 2.05) is 67.7 Å². The number of pyridine rings is 1. The maximum absolute atomic E-state index is 5.66. The Morgan fingerprint density at radius 2 is 1.56 bits per heavy atom. The summed E-state index contributed by atoms with van der Waals surface area (Å²) in [4.78, 5) is 14.0. The molecular formula is C25H25N5O2. The molecule has 5 rings (SSSR count). The molecule has 0 amide bonds. The van der Waals surface area contributed by atoms with Crippen LogP contribution in [-0.2, 0) is 0 Å². The number of hydrogen-bond donors (Lipinski definition) is 0. The number of methoxy groups -OCH3 is 1. The van der Waals surface area contributed by atoms with E-state index in [0.717, 1.165) is 60.1 Å². The van der Waals surface area contributed by atoms with E-state index >= 15 is 0 Å². The molecule has 162 valence electrons. The van der Waals surface area contributed by atoms with Crippen LogP contribution < -0.4 is 14.5 Å². The fourth-order valence-corrected chi connectivity index (χ4v) is 4.13. The minimum atomic E-state index is 0.485. The third-order valence-electron chi connectivity index (χ3n) is 5.83. The zero-order chi connectivity index (χ0) is 21.9. The minimum absolute atomic E-state index is 0.485. The first-order valence-electron chi connectivity index (χ1n) is 10.7. The molecule has 0 radical (unpaired) electrons. The third kappa shape index (κ3) is 3.77. The summed E-state index contributed by atoms with van der Waals surface area (Å²) in [5, 5.41) is 4.23. The number of benzene rings is 2. The van der Waals surface area contributed by atoms with Gasteiger partial charge in [0, 0.05) is 37.9 Å². The van der Waals surface area contributed by atoms with Gasteiger partial charge in [-0.25, -0.2) is 4.98 Å². The predicted octanol–water partition coefficient (Wildman–Crippen LogP) is 4.44. The van der Waals surface area contributed by atoms with Crippen LogP contribution in [0.1, 0.15) is 5.56 Å². The van der Waals surface area contributed by atoms with Crippen molar-refractivity contribution in [2.24, 2.45) is 0 Å². The van der Waals surface area contributed by atoms with Gasteiger partial charge in [0.05, 0.1) is 18.4 Å². The van der Waals surface area contributed by atoms with Crippen molar-refractivity contribution in [2.45, 2.75) is 6.92 Å². The van der Waals surface area contributed by atoms with Crippen LogP contribution in [-0.4, -0.2) is 48.4 Å². The third-order valence-corrected chi connectivity index (χ3v) is 5.83. The molecule has 4 aromatic rings. The Morgan fingerprint density at radius 3 is 2.38 bits per heavy atom. The van der Waals surface area contributed by atoms with Gasteiger partial charge in [-0.15, -0.1) is 0 Å². The van der Waals surface area contributed by atoms with Crippen LogP contribution in [0.25, 0.3) is 22.8 Å². The summed E-state index contributed by atoms with van der Waals surface area (Å²) >= 11 is 0. The number of aromatic nitrogens is 3. The van der Waals surface area contributed by atoms with E-state index in [1.54, 1.807) is 7.11 Å². The Balaban J connectivity index is 1.38. The molecule has 7 heteroatoms. The molecule has 3 heterocycles. The van der Waals surface area contributed by atoms with Crippen LogP contribution in [0.5, 0.6) is 5.75 Å². The van der Waals surface area contributed by atoms with E-state index < -0.39 is 0 Å². The molecular weight excluding hydrogens is 402 g/mol. The average Bonchev–Trinajstić information content (AvgIpc) is 3.34. The van der Waals surface area contributed by atoms with Crippen molar-refractivity contribution in [1.82, 2.24) is 15.1 Å². The number of anilines is 2. The minimum Gasteiger partial charge on any atom is -0.495 e. The van der Waals surface area contributed by atoms with Crippen LogP contribution in [0, 0.1) is 6.92 Å². The average molecular weight is 428 g/mol. The van der Waals surface area contributed by atoms with Gasteiger partial charge in [0.2, 0.25) is 5.82 Å². The Labute approximate surface area is 187 Å². The molecule has 1 saturated heterocycles. The van der Waals surface area contributed by atoms with Crippen LogP contribution in [0.2, 0.25) is 0 Å². The Hall–Kier alpha value is -3.87. The molecule has 1 aliphatic rings. The summed E-state index contributed by atoms with van der Waals surface area (Å²) < 4.78 is 11.2. The van der Waals surface area contributed by atoms with Crippen LogP contribution in [0.15, 0.2) is 71.4 Å². The highest BCUT2D eigenvalue weighted by Crippen LogP contribution is 2.32. The fourth-order valence-electron chi connectivity index (χ4n) is 4.13. The van der Waals surface area contributed by atoms with Crippen LogP contribution in [0.4, 0.5) is 11.5 Å². The molecule has 0 unspecified atom stereocenters. The van der Waals surface area contributed by atoms with E-state index in [4.69, 9.17) is 9.26 Å². The smallest absolute Gasteiger partial charge is 0.261 e. The number of nitrogens with zero attached hydrogens (tertiary/aromatic N) is 5. The van der Waals surface area contributed by atoms with E-state index in [-0.39, 0.29) is 0 Å². The molecule has 0 atom stereocenters. The van der Waals surface area contributed by atoms with Crippen molar-refractivity contribution >= 4 is 11.5 Å². The zero-order valence-corrected chi connectivity index (χ0v) is 18.2. The second-order valence-corrected chi connectivity index (χ2v) is 7.76. The number of piperazine rings is 1. The van der Waals surface area contributed by atoms with E-state index in [9.17, 15) is 0 Å². The van der Waals surface area contributed by atoms with Gasteiger partial charge in [0.15, 0.2) is 0 Å². The largest absolute Gasteiger partial charge is 0.495 e. The monoisotopic (exact) mass is 427 g/mol. The normalized spacial score (nSPS) is 13.9. The Kier molecular flexibility index (Phi) is 5.46. The molecule has 0 spiro atoms. The van der Waals surface area contributed by atoms with Gasteiger partial charge in [-0.3, -0.25) is 0 Å². The highest BCUT2D eigenvalue weighted by Gasteiger charge is 2.24. The number of rotatable bonds is 5. The van der Waals surface area contributed by atoms with Crippen molar-refractivity contribution in [3.63, 3.8) is 0 Å². The fraction of sp³-hybridized carbons (Fsp3) is 0.240. The first kappa shape index (κ1) is 20.1. The highest BCUT2D eigenvalue weighted by atomic mass is 16.5. The molecule has 0 aliphatic carbocycles. The summed E-state index contributed by atoms with van der Waals surface area (Å²) in [7, 11) is 1.71. The first-order chi connectivity index (χ1) is 15.7. The first-order valence-corrected chi connectivity index (χ1v) is 10.7. The molecule has 1 aliphatic heterocycles. The number of hydrogen-bond acceptors (Lipinski definition) is 7. The highest BCUT2D eigenvalue weighted by molar-refractivity contribution is 5.72. The molecule has 1 fully saturated rings. The quantitative estimate of drug-likeness (QED) is 0.466.